The number of hydrogen-bond donors (Lipinski definition) is 1. The molecule has 0 heterocycles. The normalized spacial score (nSPS) is 11.2. The van der Waals surface area contributed by atoms with Crippen LogP contribution in [0.15, 0.2) is 18.2 Å². The number of carbonyl (C=O) groups excluding carboxylic acids is 1. The summed E-state index contributed by atoms with van der Waals surface area (Å²) < 4.78 is 5.24. The molecule has 1 aromatic carbocycles. The highest BCUT2D eigenvalue weighted by Gasteiger charge is 2.19. The van der Waals surface area contributed by atoms with Gasteiger partial charge in [0.05, 0.1) is 5.56 Å². The predicted molar refractivity (Wildman–Crippen MR) is 60.8 cm³/mol. The maximum atomic E-state index is 11.7. The highest BCUT2D eigenvalue weighted by atomic mass is 16.6. The standard InChI is InChI=1S/C12H17NO2/c1-8-6-5-7-9(10(8)13)11(14)15-12(2,3)4/h5-7H,13H2,1-4H3. The van der Waals surface area contributed by atoms with Crippen LogP contribution in [0.5, 0.6) is 0 Å². The molecule has 0 amide bonds. The molecule has 0 bridgehead atoms. The topological polar surface area (TPSA) is 52.3 Å². The minimum atomic E-state index is -0.493. The van der Waals surface area contributed by atoms with Crippen LogP contribution in [0.4, 0.5) is 5.69 Å². The van der Waals surface area contributed by atoms with E-state index in [1.807, 2.05) is 33.8 Å². The summed E-state index contributed by atoms with van der Waals surface area (Å²) in [6.45, 7) is 7.36. The Morgan fingerprint density at radius 1 is 1.33 bits per heavy atom. The van der Waals surface area contributed by atoms with Gasteiger partial charge in [-0.05, 0) is 39.3 Å². The fourth-order valence-corrected chi connectivity index (χ4v) is 1.19. The number of aryl methyl sites for hydroxylation is 1. The van der Waals surface area contributed by atoms with E-state index >= 15 is 0 Å². The molecule has 0 saturated carbocycles. The number of hydrogen-bond acceptors (Lipinski definition) is 3. The van der Waals surface area contributed by atoms with Crippen LogP contribution in [0.1, 0.15) is 36.7 Å². The van der Waals surface area contributed by atoms with Gasteiger partial charge in [0.25, 0.3) is 0 Å². The Bertz CT molecular complexity index is 378. The Hall–Kier alpha value is -1.51. The fraction of sp³-hybridized carbons (Fsp3) is 0.417. The summed E-state index contributed by atoms with van der Waals surface area (Å²) >= 11 is 0. The van der Waals surface area contributed by atoms with Crippen LogP contribution >= 0.6 is 0 Å². The van der Waals surface area contributed by atoms with E-state index in [0.29, 0.717) is 11.3 Å². The Balaban J connectivity index is 2.97. The van der Waals surface area contributed by atoms with E-state index in [9.17, 15) is 4.79 Å². The van der Waals surface area contributed by atoms with Crippen LogP contribution in [0.25, 0.3) is 0 Å². The van der Waals surface area contributed by atoms with Crippen LogP contribution in [-0.4, -0.2) is 11.6 Å². The summed E-state index contributed by atoms with van der Waals surface area (Å²) in [6, 6.07) is 5.34. The summed E-state index contributed by atoms with van der Waals surface area (Å²) in [5.41, 5.74) is 7.12. The largest absolute Gasteiger partial charge is 0.456 e. The molecule has 0 spiro atoms. The van der Waals surface area contributed by atoms with Crippen molar-refractivity contribution in [2.45, 2.75) is 33.3 Å². The molecule has 0 aromatic heterocycles. The molecule has 15 heavy (non-hydrogen) atoms. The lowest BCUT2D eigenvalue weighted by molar-refractivity contribution is 0.00707. The lowest BCUT2D eigenvalue weighted by Crippen LogP contribution is -2.24. The van der Waals surface area contributed by atoms with Crippen molar-refractivity contribution in [3.63, 3.8) is 0 Å². The molecule has 0 unspecified atom stereocenters. The van der Waals surface area contributed by atoms with E-state index in [-0.39, 0.29) is 5.97 Å². The number of anilines is 1. The second kappa shape index (κ2) is 3.93. The fourth-order valence-electron chi connectivity index (χ4n) is 1.19. The molecule has 1 aromatic rings. The molecule has 0 atom stereocenters. The SMILES string of the molecule is Cc1cccc(C(=O)OC(C)(C)C)c1N. The third-order valence-electron chi connectivity index (χ3n) is 1.94. The molecule has 0 fully saturated rings. The highest BCUT2D eigenvalue weighted by molar-refractivity contribution is 5.95. The van der Waals surface area contributed by atoms with E-state index in [1.165, 1.54) is 0 Å². The van der Waals surface area contributed by atoms with E-state index in [1.54, 1.807) is 12.1 Å². The Labute approximate surface area is 90.2 Å². The van der Waals surface area contributed by atoms with E-state index in [2.05, 4.69) is 0 Å². The quantitative estimate of drug-likeness (QED) is 0.568. The lowest BCUT2D eigenvalue weighted by Gasteiger charge is -2.20. The van der Waals surface area contributed by atoms with Gasteiger partial charge in [-0.25, -0.2) is 4.79 Å². The highest BCUT2D eigenvalue weighted by Crippen LogP contribution is 2.19. The van der Waals surface area contributed by atoms with Crippen molar-refractivity contribution in [3.05, 3.63) is 29.3 Å². The first-order valence-corrected chi connectivity index (χ1v) is 4.90. The first kappa shape index (κ1) is 11.6. The van der Waals surface area contributed by atoms with E-state index in [4.69, 9.17) is 10.5 Å². The van der Waals surface area contributed by atoms with Gasteiger partial charge < -0.3 is 10.5 Å². The first-order valence-electron chi connectivity index (χ1n) is 4.90. The van der Waals surface area contributed by atoms with Crippen LogP contribution in [-0.2, 0) is 4.74 Å². The van der Waals surface area contributed by atoms with Gasteiger partial charge in [-0.3, -0.25) is 0 Å². The number of rotatable bonds is 1. The maximum absolute atomic E-state index is 11.7. The molecular formula is C12H17NO2. The zero-order chi connectivity index (χ0) is 11.6. The van der Waals surface area contributed by atoms with Gasteiger partial charge in [-0.15, -0.1) is 0 Å². The summed E-state index contributed by atoms with van der Waals surface area (Å²) in [5.74, 6) is -0.372. The van der Waals surface area contributed by atoms with Gasteiger partial charge in [-0.2, -0.15) is 0 Å². The number of nitrogens with two attached hydrogens (primary N) is 1. The van der Waals surface area contributed by atoms with Gasteiger partial charge in [0, 0.05) is 5.69 Å². The number of benzene rings is 1. The van der Waals surface area contributed by atoms with Crippen molar-refractivity contribution in [1.29, 1.82) is 0 Å². The lowest BCUT2D eigenvalue weighted by atomic mass is 10.1. The molecule has 82 valence electrons. The molecule has 0 aliphatic carbocycles. The van der Waals surface area contributed by atoms with Gasteiger partial charge >= 0.3 is 5.97 Å². The molecule has 0 saturated heterocycles. The van der Waals surface area contributed by atoms with E-state index in [0.717, 1.165) is 5.56 Å². The third-order valence-corrected chi connectivity index (χ3v) is 1.94. The molecule has 3 nitrogen and oxygen atoms in total. The molecule has 2 N–H and O–H groups in total. The van der Waals surface area contributed by atoms with Crippen molar-refractivity contribution < 1.29 is 9.53 Å². The summed E-state index contributed by atoms with van der Waals surface area (Å²) in [4.78, 5) is 11.7. The average Bonchev–Trinajstić information content (AvgIpc) is 2.06. The maximum Gasteiger partial charge on any atom is 0.340 e. The van der Waals surface area contributed by atoms with Crippen molar-refractivity contribution in [2.24, 2.45) is 0 Å². The van der Waals surface area contributed by atoms with Crippen LogP contribution in [0.2, 0.25) is 0 Å². The van der Waals surface area contributed by atoms with Gasteiger partial charge in [-0.1, -0.05) is 12.1 Å². The van der Waals surface area contributed by atoms with Crippen LogP contribution in [0.3, 0.4) is 0 Å². The third kappa shape index (κ3) is 2.98. The molecular weight excluding hydrogens is 190 g/mol. The minimum Gasteiger partial charge on any atom is -0.456 e. The molecule has 0 aliphatic heterocycles. The number of para-hydroxylation sites is 1. The Morgan fingerprint density at radius 2 is 1.93 bits per heavy atom. The second-order valence-electron chi connectivity index (χ2n) is 4.54. The summed E-state index contributed by atoms with van der Waals surface area (Å²) in [5, 5.41) is 0. The van der Waals surface area contributed by atoms with Gasteiger partial charge in [0.15, 0.2) is 0 Å². The molecule has 0 radical (unpaired) electrons. The monoisotopic (exact) mass is 207 g/mol. The molecule has 3 heteroatoms. The van der Waals surface area contributed by atoms with Crippen LogP contribution in [0, 0.1) is 6.92 Å². The molecule has 0 aliphatic rings. The van der Waals surface area contributed by atoms with Gasteiger partial charge in [0.1, 0.15) is 5.60 Å². The number of nitrogen functional groups attached to an aromatic ring is 1. The summed E-state index contributed by atoms with van der Waals surface area (Å²) in [7, 11) is 0. The zero-order valence-corrected chi connectivity index (χ0v) is 9.63. The zero-order valence-electron chi connectivity index (χ0n) is 9.63. The van der Waals surface area contributed by atoms with Gasteiger partial charge in [0.2, 0.25) is 0 Å². The first-order chi connectivity index (χ1) is 6.81. The average molecular weight is 207 g/mol. The van der Waals surface area contributed by atoms with E-state index < -0.39 is 5.60 Å². The summed E-state index contributed by atoms with van der Waals surface area (Å²) in [6.07, 6.45) is 0. The van der Waals surface area contributed by atoms with Crippen LogP contribution < -0.4 is 5.73 Å². The van der Waals surface area contributed by atoms with Crippen molar-refractivity contribution in [2.75, 3.05) is 5.73 Å². The molecule has 1 rings (SSSR count). The number of esters is 1. The Kier molecular flexibility index (Phi) is 3.03. The predicted octanol–water partition coefficient (Wildman–Crippen LogP) is 2.53. The van der Waals surface area contributed by atoms with Crippen molar-refractivity contribution in [3.8, 4) is 0 Å². The number of ether oxygens (including phenoxy) is 1. The number of carbonyl (C=O) groups is 1. The smallest absolute Gasteiger partial charge is 0.340 e. The second-order valence-corrected chi connectivity index (χ2v) is 4.54. The van der Waals surface area contributed by atoms with Crippen molar-refractivity contribution >= 4 is 11.7 Å². The Morgan fingerprint density at radius 3 is 2.47 bits per heavy atom. The minimum absolute atomic E-state index is 0.372. The van der Waals surface area contributed by atoms with Crippen molar-refractivity contribution in [1.82, 2.24) is 0 Å².